The Hall–Kier alpha value is -1.53. The Morgan fingerprint density at radius 3 is 2.92 bits per heavy atom. The molecule has 0 saturated heterocycles. The lowest BCUT2D eigenvalue weighted by Crippen LogP contribution is -2.40. The summed E-state index contributed by atoms with van der Waals surface area (Å²) in [4.78, 5) is 15.7. The first-order valence-electron chi connectivity index (χ1n) is 7.63. The van der Waals surface area contributed by atoms with Crippen LogP contribution in [0.3, 0.4) is 0 Å². The monoisotopic (exact) mass is 379 g/mol. The number of nitrogens with one attached hydrogen (secondary N) is 2. The van der Waals surface area contributed by atoms with E-state index in [1.807, 2.05) is 12.1 Å². The highest BCUT2D eigenvalue weighted by Gasteiger charge is 2.32. The van der Waals surface area contributed by atoms with Gasteiger partial charge < -0.3 is 16.0 Å². The predicted octanol–water partition coefficient (Wildman–Crippen LogP) is 3.93. The number of carbonyl (C=O) groups excluding carboxylic acids is 1. The van der Waals surface area contributed by atoms with Crippen molar-refractivity contribution in [3.8, 4) is 0 Å². The largest absolute Gasteiger partial charge is 0.349 e. The van der Waals surface area contributed by atoms with Gasteiger partial charge in [0.15, 0.2) is 0 Å². The molecule has 2 heterocycles. The summed E-state index contributed by atoms with van der Waals surface area (Å²) in [7, 11) is 0. The molecule has 4 rings (SSSR count). The molecule has 0 spiro atoms. The SMILES string of the molecule is NC[C@@H]1c2ccccc2CC1NC(=O)c1cc2sc(Cl)c(Cl)c2[nH]1. The maximum atomic E-state index is 12.6. The molecule has 4 nitrogen and oxygen atoms in total. The van der Waals surface area contributed by atoms with Crippen molar-refractivity contribution in [1.82, 2.24) is 10.3 Å². The van der Waals surface area contributed by atoms with Crippen LogP contribution in [0, 0.1) is 0 Å². The van der Waals surface area contributed by atoms with Gasteiger partial charge in [-0.25, -0.2) is 0 Å². The van der Waals surface area contributed by atoms with Gasteiger partial charge in [-0.2, -0.15) is 0 Å². The standard InChI is InChI=1S/C17H15Cl2N3OS/c18-14-15-13(24-16(14)19)6-12(21-15)17(23)22-11-5-8-3-1-2-4-9(8)10(11)7-20/h1-4,6,10-11,21H,5,7,20H2,(H,22,23)/t10-,11?/m1/s1. The molecule has 1 aliphatic rings. The van der Waals surface area contributed by atoms with E-state index in [2.05, 4.69) is 22.4 Å². The first-order valence-corrected chi connectivity index (χ1v) is 9.21. The molecule has 2 aromatic heterocycles. The third kappa shape index (κ3) is 2.52. The van der Waals surface area contributed by atoms with Gasteiger partial charge in [-0.1, -0.05) is 47.5 Å². The maximum Gasteiger partial charge on any atom is 0.268 e. The number of rotatable bonds is 3. The van der Waals surface area contributed by atoms with E-state index in [9.17, 15) is 4.79 Å². The number of aromatic amines is 1. The Morgan fingerprint density at radius 2 is 2.17 bits per heavy atom. The molecule has 3 aromatic rings. The van der Waals surface area contributed by atoms with E-state index in [-0.39, 0.29) is 17.9 Å². The summed E-state index contributed by atoms with van der Waals surface area (Å²) in [5.41, 5.74) is 9.62. The molecule has 0 fully saturated rings. The Morgan fingerprint density at radius 1 is 1.38 bits per heavy atom. The number of benzene rings is 1. The summed E-state index contributed by atoms with van der Waals surface area (Å²) >= 11 is 13.5. The number of hydrogen-bond acceptors (Lipinski definition) is 3. The Bertz CT molecular complexity index is 933. The lowest BCUT2D eigenvalue weighted by atomic mass is 9.98. The van der Waals surface area contributed by atoms with E-state index in [0.717, 1.165) is 11.1 Å². The van der Waals surface area contributed by atoms with E-state index in [1.165, 1.54) is 22.5 Å². The molecule has 0 radical (unpaired) electrons. The number of halogens is 2. The van der Waals surface area contributed by atoms with Crippen molar-refractivity contribution in [2.24, 2.45) is 5.73 Å². The van der Waals surface area contributed by atoms with E-state index >= 15 is 0 Å². The van der Waals surface area contributed by atoms with Crippen LogP contribution >= 0.6 is 34.5 Å². The molecular weight excluding hydrogens is 365 g/mol. The van der Waals surface area contributed by atoms with Gasteiger partial charge in [0.1, 0.15) is 10.0 Å². The van der Waals surface area contributed by atoms with E-state index in [0.29, 0.717) is 27.1 Å². The quantitative estimate of drug-likeness (QED) is 0.644. The van der Waals surface area contributed by atoms with Gasteiger partial charge in [0, 0.05) is 18.5 Å². The summed E-state index contributed by atoms with van der Waals surface area (Å²) in [5, 5.41) is 3.57. The number of nitrogens with two attached hydrogens (primary N) is 1. The molecule has 1 aliphatic carbocycles. The Labute approximate surface area is 152 Å². The molecule has 124 valence electrons. The third-order valence-electron chi connectivity index (χ3n) is 4.57. The van der Waals surface area contributed by atoms with Gasteiger partial charge in [0.25, 0.3) is 5.91 Å². The Balaban J connectivity index is 1.57. The number of aromatic nitrogens is 1. The number of thiophene rings is 1. The summed E-state index contributed by atoms with van der Waals surface area (Å²) in [5.74, 6) is -0.0129. The topological polar surface area (TPSA) is 70.9 Å². The lowest BCUT2D eigenvalue weighted by molar-refractivity contribution is 0.0929. The van der Waals surface area contributed by atoms with Crippen molar-refractivity contribution < 1.29 is 4.79 Å². The van der Waals surface area contributed by atoms with Crippen molar-refractivity contribution in [3.63, 3.8) is 0 Å². The minimum Gasteiger partial charge on any atom is -0.349 e. The number of amides is 1. The smallest absolute Gasteiger partial charge is 0.268 e. The lowest BCUT2D eigenvalue weighted by Gasteiger charge is -2.20. The minimum absolute atomic E-state index is 0.000274. The van der Waals surface area contributed by atoms with Crippen LogP contribution in [-0.4, -0.2) is 23.5 Å². The number of H-pyrrole nitrogens is 1. The average Bonchev–Trinajstić information content (AvgIpc) is 3.21. The van der Waals surface area contributed by atoms with Crippen molar-refractivity contribution in [2.45, 2.75) is 18.4 Å². The fourth-order valence-corrected chi connectivity index (χ4v) is 4.89. The first-order chi connectivity index (χ1) is 11.6. The van der Waals surface area contributed by atoms with Crippen LogP contribution in [0.5, 0.6) is 0 Å². The summed E-state index contributed by atoms with van der Waals surface area (Å²) in [6.45, 7) is 0.503. The summed E-state index contributed by atoms with van der Waals surface area (Å²) in [6, 6.07) is 9.99. The van der Waals surface area contributed by atoms with E-state index in [4.69, 9.17) is 28.9 Å². The predicted molar refractivity (Wildman–Crippen MR) is 99.4 cm³/mol. The molecule has 7 heteroatoms. The highest BCUT2D eigenvalue weighted by molar-refractivity contribution is 7.23. The molecule has 1 aromatic carbocycles. The minimum atomic E-state index is -0.151. The van der Waals surface area contributed by atoms with Crippen molar-refractivity contribution >= 4 is 50.7 Å². The molecule has 0 bridgehead atoms. The van der Waals surface area contributed by atoms with E-state index < -0.39 is 0 Å². The van der Waals surface area contributed by atoms with Crippen LogP contribution in [0.1, 0.15) is 27.5 Å². The van der Waals surface area contributed by atoms with Gasteiger partial charge in [-0.3, -0.25) is 4.79 Å². The Kier molecular flexibility index (Phi) is 4.04. The normalized spacial score (nSPS) is 19.6. The molecule has 24 heavy (non-hydrogen) atoms. The van der Waals surface area contributed by atoms with Crippen molar-refractivity contribution in [1.29, 1.82) is 0 Å². The van der Waals surface area contributed by atoms with Crippen LogP contribution in [0.2, 0.25) is 9.36 Å². The zero-order valence-electron chi connectivity index (χ0n) is 12.6. The first kappa shape index (κ1) is 16.0. The molecule has 1 unspecified atom stereocenters. The molecule has 4 N–H and O–H groups in total. The van der Waals surface area contributed by atoms with Gasteiger partial charge in [-0.15, -0.1) is 11.3 Å². The summed E-state index contributed by atoms with van der Waals surface area (Å²) < 4.78 is 1.40. The molecule has 0 saturated carbocycles. The van der Waals surface area contributed by atoms with Crippen molar-refractivity contribution in [2.75, 3.05) is 6.54 Å². The fourth-order valence-electron chi connectivity index (χ4n) is 3.41. The zero-order chi connectivity index (χ0) is 16.8. The number of fused-ring (bicyclic) bond motifs is 2. The fraction of sp³-hybridized carbons (Fsp3) is 0.235. The molecule has 1 amide bonds. The van der Waals surface area contributed by atoms with Crippen LogP contribution < -0.4 is 11.1 Å². The van der Waals surface area contributed by atoms with Crippen molar-refractivity contribution in [3.05, 3.63) is 56.5 Å². The van der Waals surface area contributed by atoms with Gasteiger partial charge >= 0.3 is 0 Å². The zero-order valence-corrected chi connectivity index (χ0v) is 14.9. The van der Waals surface area contributed by atoms with Crippen LogP contribution in [0.4, 0.5) is 0 Å². The molecular formula is C17H15Cl2N3OS. The van der Waals surface area contributed by atoms with Gasteiger partial charge in [0.05, 0.1) is 15.2 Å². The van der Waals surface area contributed by atoms with Gasteiger partial charge in [-0.05, 0) is 23.6 Å². The summed E-state index contributed by atoms with van der Waals surface area (Å²) in [6.07, 6.45) is 0.797. The van der Waals surface area contributed by atoms with Gasteiger partial charge in [0.2, 0.25) is 0 Å². The highest BCUT2D eigenvalue weighted by atomic mass is 35.5. The average molecular weight is 380 g/mol. The molecule has 0 aliphatic heterocycles. The maximum absolute atomic E-state index is 12.6. The van der Waals surface area contributed by atoms with E-state index in [1.54, 1.807) is 6.07 Å². The molecule has 2 atom stereocenters. The van der Waals surface area contributed by atoms with Crippen LogP contribution in [0.15, 0.2) is 30.3 Å². The number of carbonyl (C=O) groups is 1. The second kappa shape index (κ2) is 6.08. The number of hydrogen-bond donors (Lipinski definition) is 3. The highest BCUT2D eigenvalue weighted by Crippen LogP contribution is 2.39. The second-order valence-electron chi connectivity index (χ2n) is 5.94. The van der Waals surface area contributed by atoms with Crippen LogP contribution in [-0.2, 0) is 6.42 Å². The third-order valence-corrected chi connectivity index (χ3v) is 6.50. The van der Waals surface area contributed by atoms with Crippen LogP contribution in [0.25, 0.3) is 10.2 Å². The second-order valence-corrected chi connectivity index (χ2v) is 7.97.